The van der Waals surface area contributed by atoms with Crippen LogP contribution in [-0.4, -0.2) is 161 Å². The molecule has 13 rings (SSSR count). The van der Waals surface area contributed by atoms with Gasteiger partial charge >= 0.3 is 36.8 Å². The predicted molar refractivity (Wildman–Crippen MR) is 442 cm³/mol. The summed E-state index contributed by atoms with van der Waals surface area (Å²) in [6.07, 6.45) is 9.10. The third-order valence-electron chi connectivity index (χ3n) is 17.2. The molecule has 3 aromatic heterocycles. The van der Waals surface area contributed by atoms with Gasteiger partial charge in [0, 0.05) is 102 Å². The van der Waals surface area contributed by atoms with Crippen LogP contribution in [0.1, 0.15) is 128 Å². The average Bonchev–Trinajstić information content (AvgIpc) is 1.65. The summed E-state index contributed by atoms with van der Waals surface area (Å²) < 4.78 is 57.8. The molecule has 592 valence electrons. The number of carbonyl (C=O) groups is 7. The van der Waals surface area contributed by atoms with E-state index in [1.54, 1.807) is 107 Å². The predicted octanol–water partition coefficient (Wildman–Crippen LogP) is 16.5. The van der Waals surface area contributed by atoms with Crippen LogP contribution in [0.5, 0.6) is 0 Å². The summed E-state index contributed by atoms with van der Waals surface area (Å²) in [6.45, 7) is 17.2. The first kappa shape index (κ1) is 98.3. The van der Waals surface area contributed by atoms with Gasteiger partial charge in [0.1, 0.15) is 13.1 Å². The molecule has 0 saturated carbocycles. The molecule has 0 bridgehead atoms. The number of nitrogens with one attached hydrogen (secondary N) is 2. The van der Waals surface area contributed by atoms with Gasteiger partial charge in [0.25, 0.3) is 0 Å². The van der Waals surface area contributed by atoms with Crippen LogP contribution in [0, 0.1) is 38.2 Å². The van der Waals surface area contributed by atoms with E-state index in [0.717, 1.165) is 117 Å². The number of amides is 3. The summed E-state index contributed by atoms with van der Waals surface area (Å²) in [4.78, 5) is 95.0. The van der Waals surface area contributed by atoms with Gasteiger partial charge in [-0.1, -0.05) is 135 Å². The molecule has 4 aliphatic rings. The van der Waals surface area contributed by atoms with E-state index in [-0.39, 0.29) is 113 Å². The van der Waals surface area contributed by atoms with Gasteiger partial charge in [-0.2, -0.15) is 0 Å². The summed E-state index contributed by atoms with van der Waals surface area (Å²) in [5.41, 5.74) is 4.51. The van der Waals surface area contributed by atoms with E-state index < -0.39 is 23.4 Å². The number of aromatic carboxylic acids is 1. The second-order valence-electron chi connectivity index (χ2n) is 24.4. The van der Waals surface area contributed by atoms with Crippen LogP contribution in [0.2, 0.25) is 15.1 Å². The molecule has 32 heteroatoms. The second kappa shape index (κ2) is 48.3. The van der Waals surface area contributed by atoms with Crippen molar-refractivity contribution in [3.05, 3.63) is 175 Å². The number of hydrogen-bond donors (Lipinski definition) is 3. The molecular formula is C78H91Br3Cl3F3LiN7O12S3. The van der Waals surface area contributed by atoms with Crippen LogP contribution in [0.25, 0.3) is 32.7 Å². The molecule has 19 nitrogen and oxygen atoms in total. The summed E-state index contributed by atoms with van der Waals surface area (Å²) in [6, 6.07) is 30.8. The third kappa shape index (κ3) is 26.3. The average molecular weight is 1820 g/mol. The van der Waals surface area contributed by atoms with Gasteiger partial charge in [-0.3, -0.25) is 19.2 Å². The molecule has 4 aliphatic heterocycles. The molecule has 4 fully saturated rings. The smallest absolute Gasteiger partial charge is 0.870 e. The largest absolute Gasteiger partial charge is 1.00 e. The van der Waals surface area contributed by atoms with Crippen molar-refractivity contribution in [3.8, 4) is 0 Å². The number of aromatic amines is 1. The minimum Gasteiger partial charge on any atom is -0.870 e. The molecule has 6 N–H and O–H groups in total. The fourth-order valence-corrected chi connectivity index (χ4v) is 16.0. The van der Waals surface area contributed by atoms with Crippen molar-refractivity contribution < 1.29 is 91.1 Å². The summed E-state index contributed by atoms with van der Waals surface area (Å²) in [7, 11) is 0. The number of H-pyrrole nitrogens is 1. The third-order valence-corrected chi connectivity index (χ3v) is 23.7. The van der Waals surface area contributed by atoms with Crippen molar-refractivity contribution in [1.82, 2.24) is 34.1 Å². The van der Waals surface area contributed by atoms with Crippen molar-refractivity contribution >= 4 is 191 Å². The molecule has 6 aromatic carbocycles. The van der Waals surface area contributed by atoms with Crippen molar-refractivity contribution in [2.75, 3.05) is 76.2 Å². The molecule has 9 aromatic rings. The number of carboxylic acids is 1. The van der Waals surface area contributed by atoms with E-state index in [0.29, 0.717) is 62.3 Å². The zero-order valence-corrected chi connectivity index (χ0v) is 69.9. The first-order valence-corrected chi connectivity index (χ1v) is 40.7. The van der Waals surface area contributed by atoms with Crippen LogP contribution >= 0.6 is 118 Å². The maximum absolute atomic E-state index is 15.1. The number of aryl methyl sites for hydroxylation is 1. The Morgan fingerprint density at radius 2 is 0.855 bits per heavy atom. The van der Waals surface area contributed by atoms with Crippen molar-refractivity contribution in [2.45, 2.75) is 143 Å². The molecule has 3 amide bonds. The van der Waals surface area contributed by atoms with Crippen molar-refractivity contribution in [1.29, 1.82) is 0 Å². The zero-order valence-electron chi connectivity index (χ0n) is 60.4. The molecule has 0 spiro atoms. The number of aromatic nitrogens is 3. The van der Waals surface area contributed by atoms with Gasteiger partial charge in [0.15, 0.2) is 17.5 Å². The fraction of sp³-hybridized carbons (Fsp3) is 0.372. The number of alkyl halides is 2. The van der Waals surface area contributed by atoms with Crippen LogP contribution in [-0.2, 0) is 41.7 Å². The standard InChI is InChI=1S/C24H24ClFN2O3S.C22H20ClFN2O3S.C18H15ClFNO2S.C6H10BrNO.C4H9N.C2H2Br2O.2CH4.Li.2H2O/c1-3-31-24(30)16-7-6-8-17(13-16)32-23-15(2)28(14-20(29)27-11-4-5-12-27)22-18(23)9-10-19(25)21(22)26;1-13-21(30-15-6-4-5-14(11-15)22(28)29)16-7-8-17(23)19(24)20(16)26(13)12-18(27)25-9-2-3-10-25;1-3-23-18(22)11-5-4-6-12(9-11)24-17-10(2)21-16-13(17)7-8-14(19)15(16)20;7-5-6(9)8-3-1-2-4-8;1-2-4-5-3-1;3-1-2(4)5;;;;;/h6-10,13H,3-5,11-12,14H2,1-2H3;4-8,11H,2-3,9-10,12H2,1H3,(H,28,29);4-9,21H,3H2,1-2H3;1-5H2;5H,1-4H2;1H2;2*1H4;;2*1H2/q;;;;;;;;+1;;/p-1. The molecule has 0 atom stereocenters. The van der Waals surface area contributed by atoms with Gasteiger partial charge in [-0.05, 0) is 206 Å². The number of hydrogen-bond acceptors (Lipinski definition) is 14. The van der Waals surface area contributed by atoms with Crippen molar-refractivity contribution in [3.63, 3.8) is 0 Å². The fourth-order valence-electron chi connectivity index (χ4n) is 12.0. The molecular weight excluding hydrogens is 1730 g/mol. The minimum absolute atomic E-state index is 0. The number of rotatable bonds is 17. The minimum atomic E-state index is -1.01. The Hall–Kier alpha value is -5.94. The Morgan fingerprint density at radius 3 is 1.20 bits per heavy atom. The number of benzene rings is 6. The summed E-state index contributed by atoms with van der Waals surface area (Å²) >= 11 is 31.0. The molecule has 110 heavy (non-hydrogen) atoms. The number of fused-ring (bicyclic) bond motifs is 3. The number of carbonyl (C=O) groups excluding carboxylic acids is 6. The van der Waals surface area contributed by atoms with Crippen LogP contribution in [0.15, 0.2) is 139 Å². The first-order chi connectivity index (χ1) is 50.4. The Morgan fingerprint density at radius 1 is 0.509 bits per heavy atom. The number of esters is 2. The number of ether oxygens (including phenoxy) is 2. The Balaban J connectivity index is 0.000000375. The van der Waals surface area contributed by atoms with Gasteiger partial charge in [0.2, 0.25) is 22.4 Å². The van der Waals surface area contributed by atoms with Gasteiger partial charge in [0.05, 0.1) is 72.2 Å². The summed E-state index contributed by atoms with van der Waals surface area (Å²) in [5, 5.41) is 15.6. The van der Waals surface area contributed by atoms with Gasteiger partial charge in [-0.25, -0.2) is 27.6 Å². The van der Waals surface area contributed by atoms with Gasteiger partial charge < -0.3 is 59.7 Å². The first-order valence-electron chi connectivity index (χ1n) is 34.0. The molecule has 0 aliphatic carbocycles. The van der Waals surface area contributed by atoms with Crippen LogP contribution in [0.3, 0.4) is 0 Å². The Bertz CT molecular complexity index is 4610. The monoisotopic (exact) mass is 1820 g/mol. The quantitative estimate of drug-likeness (QED) is 0.0331. The van der Waals surface area contributed by atoms with Crippen LogP contribution < -0.4 is 24.2 Å². The summed E-state index contributed by atoms with van der Waals surface area (Å²) in [5.74, 6) is -3.13. The Kier molecular flexibility index (Phi) is 43.2. The van der Waals surface area contributed by atoms with Gasteiger partial charge in [-0.15, -0.1) is 0 Å². The zero-order chi connectivity index (χ0) is 76.0. The number of carboxylic acid groups (broad SMARTS) is 1. The molecule has 0 unspecified atom stereocenters. The normalized spacial score (nSPS) is 13.1. The van der Waals surface area contributed by atoms with E-state index in [1.165, 1.54) is 92.3 Å². The number of likely N-dealkylation sites (tertiary alicyclic amines) is 3. The number of nitrogens with zero attached hydrogens (tertiary/aromatic N) is 5. The van der Waals surface area contributed by atoms with E-state index in [2.05, 4.69) is 58.1 Å². The Labute approximate surface area is 705 Å². The maximum Gasteiger partial charge on any atom is 1.00 e. The topological polar surface area (TPSA) is 267 Å². The SMILES string of the molecule is C.C.C1CCNC1.CCOC(=O)c1cccc(Sc2c(C)[nH]c3c(F)c(Cl)ccc23)c1.CCOC(=O)c1cccc(Sc2c(C)n(CC(=O)N3CCCC3)c3c(F)c(Cl)ccc23)c1.Cc1c(Sc2cccc(C(=O)O)c2)c2ccc(Cl)c(F)c2n1CC(=O)N1CCCC1.O.O=C(Br)CBr.O=C(CBr)N1CCCC1.[Li+].[OH-]. The van der Waals surface area contributed by atoms with Crippen molar-refractivity contribution in [2.24, 2.45) is 0 Å². The van der Waals surface area contributed by atoms with E-state index >= 15 is 8.78 Å². The molecule has 0 radical (unpaired) electrons. The number of halogens is 9. The second-order valence-corrected chi connectivity index (χ2v) is 30.8. The molecule has 7 heterocycles. The van der Waals surface area contributed by atoms with E-state index in [9.17, 15) is 43.1 Å². The maximum atomic E-state index is 15.1. The molecule has 4 saturated heterocycles. The van der Waals surface area contributed by atoms with Crippen LogP contribution in [0.4, 0.5) is 13.2 Å². The van der Waals surface area contributed by atoms with E-state index in [1.807, 2.05) is 42.7 Å². The van der Waals surface area contributed by atoms with E-state index in [4.69, 9.17) is 44.3 Å².